The lowest BCUT2D eigenvalue weighted by molar-refractivity contribution is 0.0586. The molecule has 0 spiro atoms. The van der Waals surface area contributed by atoms with Gasteiger partial charge in [0.2, 0.25) is 0 Å². The molecule has 11 heavy (non-hydrogen) atoms. The second kappa shape index (κ2) is 3.85. The number of hydrogen-bond donors (Lipinski definition) is 2. The minimum atomic E-state index is -0.338. The summed E-state index contributed by atoms with van der Waals surface area (Å²) in [6.45, 7) is 0.574. The molecule has 0 fully saturated rings. The van der Waals surface area contributed by atoms with E-state index in [4.69, 9.17) is 10.5 Å². The Hall–Kier alpha value is -0.380. The topological polar surface area (TPSA) is 55.5 Å². The zero-order chi connectivity index (χ0) is 8.27. The van der Waals surface area contributed by atoms with Crippen molar-refractivity contribution in [2.24, 2.45) is 11.7 Å². The van der Waals surface area contributed by atoms with Crippen molar-refractivity contribution in [1.29, 1.82) is 0 Å². The average Bonchev–Trinajstić information content (AvgIpc) is 1.95. The van der Waals surface area contributed by atoms with Crippen LogP contribution in [-0.2, 0) is 4.74 Å². The minimum absolute atomic E-state index is 0.0121. The van der Waals surface area contributed by atoms with Crippen LogP contribution < -0.4 is 5.73 Å². The highest BCUT2D eigenvalue weighted by molar-refractivity contribution is 5.04. The van der Waals surface area contributed by atoms with E-state index in [-0.39, 0.29) is 18.1 Å². The van der Waals surface area contributed by atoms with Crippen molar-refractivity contribution in [3.05, 3.63) is 12.2 Å². The van der Waals surface area contributed by atoms with Gasteiger partial charge in [0.1, 0.15) is 0 Å². The van der Waals surface area contributed by atoms with Crippen LogP contribution in [0.15, 0.2) is 12.2 Å². The van der Waals surface area contributed by atoms with Gasteiger partial charge in [0.15, 0.2) is 0 Å². The van der Waals surface area contributed by atoms with Crippen molar-refractivity contribution in [2.75, 3.05) is 13.7 Å². The van der Waals surface area contributed by atoms with Crippen molar-refractivity contribution in [1.82, 2.24) is 0 Å². The van der Waals surface area contributed by atoms with Crippen LogP contribution in [0.25, 0.3) is 0 Å². The summed E-state index contributed by atoms with van der Waals surface area (Å²) < 4.78 is 4.93. The lowest BCUT2D eigenvalue weighted by Gasteiger charge is -2.25. The molecule has 0 aromatic carbocycles. The molecule has 0 saturated carbocycles. The third-order valence-corrected chi connectivity index (χ3v) is 1.97. The monoisotopic (exact) mass is 157 g/mol. The zero-order valence-corrected chi connectivity index (χ0v) is 6.73. The summed E-state index contributed by atoms with van der Waals surface area (Å²) >= 11 is 0. The van der Waals surface area contributed by atoms with E-state index in [2.05, 4.69) is 0 Å². The van der Waals surface area contributed by atoms with Gasteiger partial charge in [-0.3, -0.25) is 0 Å². The molecule has 0 aliphatic heterocycles. The lowest BCUT2D eigenvalue weighted by Crippen LogP contribution is -2.34. The van der Waals surface area contributed by atoms with Gasteiger partial charge >= 0.3 is 0 Å². The molecule has 0 aromatic rings. The van der Waals surface area contributed by atoms with Crippen LogP contribution in [0.4, 0.5) is 0 Å². The molecule has 3 atom stereocenters. The molecule has 1 aliphatic carbocycles. The van der Waals surface area contributed by atoms with E-state index < -0.39 is 0 Å². The number of rotatable bonds is 2. The van der Waals surface area contributed by atoms with Crippen LogP contribution in [-0.4, -0.2) is 31.0 Å². The molecule has 3 heteroatoms. The first-order valence-corrected chi connectivity index (χ1v) is 3.85. The largest absolute Gasteiger partial charge is 0.392 e. The molecule has 0 amide bonds. The van der Waals surface area contributed by atoms with Gasteiger partial charge in [-0.1, -0.05) is 12.2 Å². The maximum Gasteiger partial charge on any atom is 0.0642 e. The third kappa shape index (κ3) is 2.29. The summed E-state index contributed by atoms with van der Waals surface area (Å²) in [7, 11) is 1.63. The van der Waals surface area contributed by atoms with Gasteiger partial charge in [-0.25, -0.2) is 0 Å². The van der Waals surface area contributed by atoms with Crippen LogP contribution in [0.2, 0.25) is 0 Å². The van der Waals surface area contributed by atoms with Gasteiger partial charge in [0.25, 0.3) is 0 Å². The Kier molecular flexibility index (Phi) is 3.05. The summed E-state index contributed by atoms with van der Waals surface area (Å²) in [5.41, 5.74) is 5.60. The van der Waals surface area contributed by atoms with E-state index >= 15 is 0 Å². The summed E-state index contributed by atoms with van der Waals surface area (Å²) in [5.74, 6) is 0.125. The summed E-state index contributed by atoms with van der Waals surface area (Å²) in [6, 6.07) is 0.0121. The number of methoxy groups -OCH3 is 1. The number of aliphatic hydroxyl groups excluding tert-OH is 1. The highest BCUT2D eigenvalue weighted by Crippen LogP contribution is 2.17. The van der Waals surface area contributed by atoms with Gasteiger partial charge in [0, 0.05) is 19.1 Å². The van der Waals surface area contributed by atoms with Crippen molar-refractivity contribution in [2.45, 2.75) is 18.6 Å². The van der Waals surface area contributed by atoms with E-state index in [1.807, 2.05) is 12.2 Å². The highest BCUT2D eigenvalue weighted by atomic mass is 16.5. The van der Waals surface area contributed by atoms with Gasteiger partial charge in [-0.2, -0.15) is 0 Å². The quantitative estimate of drug-likeness (QED) is 0.550. The Bertz CT molecular complexity index is 147. The molecule has 3 nitrogen and oxygen atoms in total. The first kappa shape index (κ1) is 8.71. The summed E-state index contributed by atoms with van der Waals surface area (Å²) in [5, 5.41) is 9.46. The zero-order valence-electron chi connectivity index (χ0n) is 6.73. The first-order valence-electron chi connectivity index (χ1n) is 3.85. The van der Waals surface area contributed by atoms with Crippen LogP contribution in [0.5, 0.6) is 0 Å². The molecule has 3 N–H and O–H groups in total. The van der Waals surface area contributed by atoms with Crippen LogP contribution >= 0.6 is 0 Å². The number of hydrogen-bond acceptors (Lipinski definition) is 3. The van der Waals surface area contributed by atoms with Gasteiger partial charge in [-0.05, 0) is 6.42 Å². The van der Waals surface area contributed by atoms with Crippen molar-refractivity contribution in [3.8, 4) is 0 Å². The molecule has 3 unspecified atom stereocenters. The van der Waals surface area contributed by atoms with Crippen LogP contribution in [0.3, 0.4) is 0 Å². The van der Waals surface area contributed by atoms with E-state index in [0.717, 1.165) is 0 Å². The summed E-state index contributed by atoms with van der Waals surface area (Å²) in [6.07, 6.45) is 4.17. The second-order valence-electron chi connectivity index (χ2n) is 2.97. The molecule has 0 heterocycles. The highest BCUT2D eigenvalue weighted by Gasteiger charge is 2.22. The smallest absolute Gasteiger partial charge is 0.0642 e. The van der Waals surface area contributed by atoms with Gasteiger partial charge < -0.3 is 15.6 Å². The molecule has 1 rings (SSSR count). The Morgan fingerprint density at radius 2 is 2.36 bits per heavy atom. The Morgan fingerprint density at radius 3 is 2.91 bits per heavy atom. The molecule has 0 aromatic heterocycles. The van der Waals surface area contributed by atoms with Gasteiger partial charge in [-0.15, -0.1) is 0 Å². The Balaban J connectivity index is 2.46. The average molecular weight is 157 g/mol. The molecule has 64 valence electrons. The molecule has 0 radical (unpaired) electrons. The van der Waals surface area contributed by atoms with E-state index in [9.17, 15) is 5.11 Å². The molecule has 0 saturated heterocycles. The fourth-order valence-corrected chi connectivity index (χ4v) is 1.30. The summed E-state index contributed by atoms with van der Waals surface area (Å²) in [4.78, 5) is 0. The molecule has 1 aliphatic rings. The van der Waals surface area contributed by atoms with Crippen molar-refractivity contribution >= 4 is 0 Å². The number of nitrogens with two attached hydrogens (primary N) is 1. The number of ether oxygens (including phenoxy) is 1. The van der Waals surface area contributed by atoms with Crippen LogP contribution in [0.1, 0.15) is 6.42 Å². The third-order valence-electron chi connectivity index (χ3n) is 1.97. The molecule has 0 bridgehead atoms. The maximum atomic E-state index is 9.46. The molecular weight excluding hydrogens is 142 g/mol. The van der Waals surface area contributed by atoms with Crippen molar-refractivity contribution in [3.63, 3.8) is 0 Å². The normalized spacial score (nSPS) is 37.5. The SMILES string of the molecule is COCC1C=CC(N)CC1O. The van der Waals surface area contributed by atoms with Gasteiger partial charge in [0.05, 0.1) is 12.7 Å². The van der Waals surface area contributed by atoms with Crippen LogP contribution in [0, 0.1) is 5.92 Å². The second-order valence-corrected chi connectivity index (χ2v) is 2.97. The maximum absolute atomic E-state index is 9.46. The lowest BCUT2D eigenvalue weighted by atomic mass is 9.91. The fourth-order valence-electron chi connectivity index (χ4n) is 1.30. The Labute approximate surface area is 66.8 Å². The van der Waals surface area contributed by atoms with Crippen molar-refractivity contribution < 1.29 is 9.84 Å². The molecular formula is C8H15NO2. The standard InChI is InChI=1S/C8H15NO2/c1-11-5-6-2-3-7(9)4-8(6)10/h2-3,6-8,10H,4-5,9H2,1H3. The van der Waals surface area contributed by atoms with E-state index in [0.29, 0.717) is 13.0 Å². The van der Waals surface area contributed by atoms with E-state index in [1.54, 1.807) is 7.11 Å². The fraction of sp³-hybridized carbons (Fsp3) is 0.750. The predicted molar refractivity (Wildman–Crippen MR) is 43.1 cm³/mol. The first-order chi connectivity index (χ1) is 5.24. The van der Waals surface area contributed by atoms with E-state index in [1.165, 1.54) is 0 Å². The minimum Gasteiger partial charge on any atom is -0.392 e. The predicted octanol–water partition coefficient (Wildman–Crippen LogP) is -0.103. The number of aliphatic hydroxyl groups is 1. The Morgan fingerprint density at radius 1 is 1.64 bits per heavy atom.